The maximum Gasteiger partial charge on any atom is 0.468 e. The lowest BCUT2D eigenvalue weighted by molar-refractivity contribution is 0.399. The molecule has 0 heterocycles. The number of hydrogen-bond donors (Lipinski definition) is 0. The van der Waals surface area contributed by atoms with Crippen molar-refractivity contribution in [3.8, 4) is 11.5 Å². The van der Waals surface area contributed by atoms with Gasteiger partial charge >= 0.3 is 8.56 Å². The van der Waals surface area contributed by atoms with Gasteiger partial charge in [-0.1, -0.05) is 52.3 Å². The number of alkyl halides is 1. The van der Waals surface area contributed by atoms with Crippen LogP contribution >= 0.6 is 15.9 Å². The zero-order valence-corrected chi connectivity index (χ0v) is 12.8. The summed E-state index contributed by atoms with van der Waals surface area (Å²) in [6, 6.07) is 19.6. The Kier molecular flexibility index (Phi) is 4.44. The van der Waals surface area contributed by atoms with Crippen LogP contribution < -0.4 is 8.85 Å². The fraction of sp³-hybridized carbons (Fsp3) is 0.143. The maximum absolute atomic E-state index is 6.02. The van der Waals surface area contributed by atoms with E-state index >= 15 is 0 Å². The summed E-state index contributed by atoms with van der Waals surface area (Å²) < 4.78 is 12.0. The molecule has 0 radical (unpaired) electrons. The first-order valence-corrected chi connectivity index (χ1v) is 9.40. The van der Waals surface area contributed by atoms with Crippen molar-refractivity contribution >= 4 is 24.5 Å². The van der Waals surface area contributed by atoms with Gasteiger partial charge in [-0.15, -0.1) is 0 Å². The summed E-state index contributed by atoms with van der Waals surface area (Å²) in [5.41, 5.74) is 0. The zero-order chi connectivity index (χ0) is 12.8. The standard InChI is InChI=1S/C14H15BrO2Si/c1-18(12-15,16-13-8-4-2-5-9-13)17-14-10-6-3-7-11-14/h2-11H,12H2,1H3. The average molecular weight is 323 g/mol. The monoisotopic (exact) mass is 322 g/mol. The molecule has 0 aliphatic rings. The molecule has 2 aromatic rings. The van der Waals surface area contributed by atoms with Crippen molar-refractivity contribution in [3.63, 3.8) is 0 Å². The Hall–Kier alpha value is -1.26. The molecule has 2 rings (SSSR count). The fourth-order valence-electron chi connectivity index (χ4n) is 1.55. The minimum atomic E-state index is -2.29. The second-order valence-corrected chi connectivity index (χ2v) is 8.72. The van der Waals surface area contributed by atoms with E-state index in [1.807, 2.05) is 67.2 Å². The Morgan fingerprint density at radius 2 is 1.22 bits per heavy atom. The van der Waals surface area contributed by atoms with Crippen molar-refractivity contribution in [2.75, 3.05) is 4.95 Å². The first-order chi connectivity index (χ1) is 8.72. The van der Waals surface area contributed by atoms with Crippen LogP contribution in [-0.4, -0.2) is 13.5 Å². The lowest BCUT2D eigenvalue weighted by Gasteiger charge is -2.26. The minimum absolute atomic E-state index is 0.712. The Balaban J connectivity index is 2.11. The molecular weight excluding hydrogens is 308 g/mol. The molecule has 0 fully saturated rings. The van der Waals surface area contributed by atoms with Gasteiger partial charge in [0.2, 0.25) is 0 Å². The Bertz CT molecular complexity index is 434. The molecule has 94 valence electrons. The van der Waals surface area contributed by atoms with Gasteiger partial charge in [0, 0.05) is 6.55 Å². The van der Waals surface area contributed by atoms with Crippen LogP contribution in [0.1, 0.15) is 0 Å². The highest BCUT2D eigenvalue weighted by molar-refractivity contribution is 9.09. The largest absolute Gasteiger partial charge is 0.512 e. The highest BCUT2D eigenvalue weighted by atomic mass is 79.9. The van der Waals surface area contributed by atoms with Gasteiger partial charge in [-0.05, 0) is 24.3 Å². The van der Waals surface area contributed by atoms with Gasteiger partial charge in [-0.3, -0.25) is 0 Å². The summed E-state index contributed by atoms with van der Waals surface area (Å²) in [4.78, 5) is 0.712. The van der Waals surface area contributed by atoms with E-state index in [1.54, 1.807) is 0 Å². The molecule has 2 aromatic carbocycles. The maximum atomic E-state index is 6.02. The molecule has 0 unspecified atom stereocenters. The van der Waals surface area contributed by atoms with E-state index in [-0.39, 0.29) is 0 Å². The van der Waals surface area contributed by atoms with E-state index in [0.29, 0.717) is 4.95 Å². The van der Waals surface area contributed by atoms with Crippen molar-refractivity contribution in [1.29, 1.82) is 0 Å². The summed E-state index contributed by atoms with van der Waals surface area (Å²) in [6.45, 7) is 2.04. The van der Waals surface area contributed by atoms with Gasteiger partial charge in [0.1, 0.15) is 11.5 Å². The van der Waals surface area contributed by atoms with Gasteiger partial charge in [0.05, 0.1) is 4.95 Å². The molecule has 0 N–H and O–H groups in total. The summed E-state index contributed by atoms with van der Waals surface area (Å²) in [5, 5.41) is 0. The predicted molar refractivity (Wildman–Crippen MR) is 79.6 cm³/mol. The number of para-hydroxylation sites is 2. The van der Waals surface area contributed by atoms with Gasteiger partial charge in [0.25, 0.3) is 0 Å². The van der Waals surface area contributed by atoms with Crippen LogP contribution in [0.5, 0.6) is 11.5 Å². The van der Waals surface area contributed by atoms with Crippen LogP contribution in [0.3, 0.4) is 0 Å². The van der Waals surface area contributed by atoms with Crippen LogP contribution in [0.15, 0.2) is 60.7 Å². The molecule has 0 bridgehead atoms. The Labute approximate surface area is 117 Å². The predicted octanol–water partition coefficient (Wildman–Crippen LogP) is 4.15. The van der Waals surface area contributed by atoms with E-state index in [2.05, 4.69) is 15.9 Å². The van der Waals surface area contributed by atoms with Crippen LogP contribution in [0, 0.1) is 0 Å². The SMILES string of the molecule is C[Si](CBr)(Oc1ccccc1)Oc1ccccc1. The molecule has 0 aromatic heterocycles. The van der Waals surface area contributed by atoms with Crippen LogP contribution in [0.4, 0.5) is 0 Å². The first-order valence-electron chi connectivity index (χ1n) is 5.76. The van der Waals surface area contributed by atoms with E-state index < -0.39 is 8.56 Å². The molecule has 18 heavy (non-hydrogen) atoms. The normalized spacial score (nSPS) is 11.0. The lowest BCUT2D eigenvalue weighted by Crippen LogP contribution is -2.47. The van der Waals surface area contributed by atoms with E-state index in [9.17, 15) is 0 Å². The smallest absolute Gasteiger partial charge is 0.468 e. The summed E-state index contributed by atoms with van der Waals surface area (Å²) in [6.07, 6.45) is 0. The van der Waals surface area contributed by atoms with Gasteiger partial charge in [0.15, 0.2) is 0 Å². The van der Waals surface area contributed by atoms with Gasteiger partial charge in [-0.2, -0.15) is 0 Å². The first kappa shape index (κ1) is 13.2. The third-order valence-corrected chi connectivity index (χ3v) is 7.27. The topological polar surface area (TPSA) is 18.5 Å². The summed E-state index contributed by atoms with van der Waals surface area (Å²) >= 11 is 3.50. The molecule has 0 atom stereocenters. The van der Waals surface area contributed by atoms with E-state index in [1.165, 1.54) is 0 Å². The minimum Gasteiger partial charge on any atom is -0.512 e. The fourth-order valence-corrected chi connectivity index (χ4v) is 3.66. The van der Waals surface area contributed by atoms with Crippen molar-refractivity contribution < 1.29 is 8.85 Å². The molecule has 0 aliphatic heterocycles. The van der Waals surface area contributed by atoms with Crippen LogP contribution in [0.25, 0.3) is 0 Å². The highest BCUT2D eigenvalue weighted by Gasteiger charge is 2.34. The van der Waals surface area contributed by atoms with Crippen molar-refractivity contribution in [2.24, 2.45) is 0 Å². The number of hydrogen-bond acceptors (Lipinski definition) is 2. The Morgan fingerprint density at radius 3 is 1.56 bits per heavy atom. The molecule has 0 saturated carbocycles. The molecular formula is C14H15BrO2Si. The van der Waals surface area contributed by atoms with Crippen molar-refractivity contribution in [1.82, 2.24) is 0 Å². The summed E-state index contributed by atoms with van der Waals surface area (Å²) in [7, 11) is -2.29. The number of rotatable bonds is 5. The molecule has 0 amide bonds. The number of halogens is 1. The number of benzene rings is 2. The van der Waals surface area contributed by atoms with Crippen LogP contribution in [-0.2, 0) is 0 Å². The van der Waals surface area contributed by atoms with Crippen molar-refractivity contribution in [3.05, 3.63) is 60.7 Å². The Morgan fingerprint density at radius 1 is 0.833 bits per heavy atom. The van der Waals surface area contributed by atoms with Crippen molar-refractivity contribution in [2.45, 2.75) is 6.55 Å². The third-order valence-electron chi connectivity index (χ3n) is 2.40. The zero-order valence-electron chi connectivity index (χ0n) is 10.2. The van der Waals surface area contributed by atoms with Gasteiger partial charge < -0.3 is 8.85 Å². The molecule has 0 aliphatic carbocycles. The summed E-state index contributed by atoms with van der Waals surface area (Å²) in [5.74, 6) is 1.70. The molecule has 4 heteroatoms. The molecule has 0 spiro atoms. The van der Waals surface area contributed by atoms with Crippen LogP contribution in [0.2, 0.25) is 6.55 Å². The second kappa shape index (κ2) is 6.07. The van der Waals surface area contributed by atoms with E-state index in [0.717, 1.165) is 11.5 Å². The molecule has 0 saturated heterocycles. The van der Waals surface area contributed by atoms with Gasteiger partial charge in [-0.25, -0.2) is 0 Å². The average Bonchev–Trinajstić information content (AvgIpc) is 2.41. The quantitative estimate of drug-likeness (QED) is 0.608. The molecule has 2 nitrogen and oxygen atoms in total. The second-order valence-electron chi connectivity index (χ2n) is 4.10. The highest BCUT2D eigenvalue weighted by Crippen LogP contribution is 2.21. The third kappa shape index (κ3) is 3.61. The lowest BCUT2D eigenvalue weighted by atomic mass is 10.3. The van der Waals surface area contributed by atoms with E-state index in [4.69, 9.17) is 8.85 Å².